The molecule has 2 aromatic rings. The van der Waals surface area contributed by atoms with Gasteiger partial charge >= 0.3 is 0 Å². The second kappa shape index (κ2) is 7.91. The van der Waals surface area contributed by atoms with Gasteiger partial charge in [0.05, 0.1) is 6.67 Å². The van der Waals surface area contributed by atoms with Gasteiger partial charge in [-0.15, -0.1) is 0 Å². The van der Waals surface area contributed by atoms with Gasteiger partial charge in [-0.05, 0) is 43.2 Å². The van der Waals surface area contributed by atoms with Crippen LogP contribution < -0.4 is 5.32 Å². The normalized spacial score (nSPS) is 14.2. The summed E-state index contributed by atoms with van der Waals surface area (Å²) in [6.45, 7) is 14.5. The molecular weight excluding hydrogens is 320 g/mol. The molecule has 134 valence electrons. The molecule has 1 aliphatic heterocycles. The van der Waals surface area contributed by atoms with E-state index in [-0.39, 0.29) is 0 Å². The minimum atomic E-state index is 0.751. The van der Waals surface area contributed by atoms with Crippen LogP contribution in [-0.4, -0.2) is 35.4 Å². The fraction of sp³-hybridized carbons (Fsp3) is 0.227. The molecule has 1 aliphatic rings. The van der Waals surface area contributed by atoms with Crippen molar-refractivity contribution in [1.82, 2.24) is 14.8 Å². The molecule has 1 aromatic heterocycles. The van der Waals surface area contributed by atoms with Crippen LogP contribution in [0.4, 0.5) is 0 Å². The zero-order chi connectivity index (χ0) is 18.5. The Morgan fingerprint density at radius 1 is 1.27 bits per heavy atom. The van der Waals surface area contributed by atoms with Gasteiger partial charge in [0.25, 0.3) is 0 Å². The van der Waals surface area contributed by atoms with Crippen molar-refractivity contribution < 1.29 is 0 Å². The number of allylic oxidation sites excluding steroid dienone is 1. The Morgan fingerprint density at radius 3 is 2.73 bits per heavy atom. The predicted molar refractivity (Wildman–Crippen MR) is 111 cm³/mol. The third-order valence-corrected chi connectivity index (χ3v) is 4.29. The van der Waals surface area contributed by atoms with Gasteiger partial charge in [0, 0.05) is 60.4 Å². The fourth-order valence-corrected chi connectivity index (χ4v) is 2.93. The number of rotatable bonds is 7. The number of aromatic nitrogens is 1. The number of benzene rings is 1. The van der Waals surface area contributed by atoms with Crippen molar-refractivity contribution >= 4 is 11.8 Å². The lowest BCUT2D eigenvalue weighted by molar-refractivity contribution is 0.403. The molecular formula is C22H26N4. The standard InChI is InChI=1S/C22H26N4/c1-5-23-12-19-10-11-26(14-19)21-8-6-20(7-9-21)22-15-25(13-18(22)4)16-24-17(2)3/h6-12,14-15,24H,2,4-5,13,16H2,1,3H3. The summed E-state index contributed by atoms with van der Waals surface area (Å²) in [5.74, 6) is 0. The predicted octanol–water partition coefficient (Wildman–Crippen LogP) is 4.21. The molecule has 0 amide bonds. The summed E-state index contributed by atoms with van der Waals surface area (Å²) < 4.78 is 2.11. The Labute approximate surface area is 155 Å². The van der Waals surface area contributed by atoms with E-state index in [1.807, 2.05) is 20.1 Å². The van der Waals surface area contributed by atoms with Crippen LogP contribution in [0.3, 0.4) is 0 Å². The molecule has 0 atom stereocenters. The Hall–Kier alpha value is -3.01. The molecule has 0 saturated heterocycles. The van der Waals surface area contributed by atoms with E-state index in [1.54, 1.807) is 0 Å². The van der Waals surface area contributed by atoms with Crippen LogP contribution in [0.25, 0.3) is 11.3 Å². The van der Waals surface area contributed by atoms with Gasteiger partial charge in [0.1, 0.15) is 0 Å². The highest BCUT2D eigenvalue weighted by Crippen LogP contribution is 2.29. The topological polar surface area (TPSA) is 32.6 Å². The summed E-state index contributed by atoms with van der Waals surface area (Å²) in [6.07, 6.45) is 8.23. The van der Waals surface area contributed by atoms with Crippen LogP contribution in [0, 0.1) is 0 Å². The first kappa shape index (κ1) is 17.8. The van der Waals surface area contributed by atoms with E-state index in [0.717, 1.165) is 42.3 Å². The molecule has 0 unspecified atom stereocenters. The summed E-state index contributed by atoms with van der Waals surface area (Å²) in [4.78, 5) is 6.50. The quantitative estimate of drug-likeness (QED) is 0.762. The molecule has 26 heavy (non-hydrogen) atoms. The third kappa shape index (κ3) is 4.14. The molecule has 0 bridgehead atoms. The summed E-state index contributed by atoms with van der Waals surface area (Å²) in [5, 5.41) is 3.26. The highest BCUT2D eigenvalue weighted by molar-refractivity contribution is 5.81. The number of nitrogens with zero attached hydrogens (tertiary/aromatic N) is 3. The maximum absolute atomic E-state index is 4.29. The van der Waals surface area contributed by atoms with Crippen LogP contribution in [0.2, 0.25) is 0 Å². The monoisotopic (exact) mass is 346 g/mol. The number of hydrogen-bond acceptors (Lipinski definition) is 3. The van der Waals surface area contributed by atoms with Gasteiger partial charge in [-0.2, -0.15) is 0 Å². The van der Waals surface area contributed by atoms with Gasteiger partial charge in [0.15, 0.2) is 0 Å². The Morgan fingerprint density at radius 2 is 2.04 bits per heavy atom. The molecule has 0 aliphatic carbocycles. The highest BCUT2D eigenvalue weighted by atomic mass is 15.2. The van der Waals surface area contributed by atoms with Crippen molar-refractivity contribution in [2.24, 2.45) is 4.99 Å². The van der Waals surface area contributed by atoms with Gasteiger partial charge in [-0.3, -0.25) is 4.99 Å². The lowest BCUT2D eigenvalue weighted by Crippen LogP contribution is -2.27. The maximum Gasteiger partial charge on any atom is 0.0871 e. The van der Waals surface area contributed by atoms with Crippen molar-refractivity contribution in [2.45, 2.75) is 13.8 Å². The molecule has 0 radical (unpaired) electrons. The minimum Gasteiger partial charge on any atom is -0.372 e. The van der Waals surface area contributed by atoms with Crippen LogP contribution in [0.5, 0.6) is 0 Å². The van der Waals surface area contributed by atoms with E-state index in [4.69, 9.17) is 0 Å². The van der Waals surface area contributed by atoms with Crippen LogP contribution in [0.1, 0.15) is 25.0 Å². The van der Waals surface area contributed by atoms with E-state index < -0.39 is 0 Å². The third-order valence-electron chi connectivity index (χ3n) is 4.29. The molecule has 2 heterocycles. The van der Waals surface area contributed by atoms with E-state index in [0.29, 0.717) is 0 Å². The van der Waals surface area contributed by atoms with Gasteiger partial charge in [0.2, 0.25) is 0 Å². The highest BCUT2D eigenvalue weighted by Gasteiger charge is 2.17. The average molecular weight is 346 g/mol. The van der Waals surface area contributed by atoms with E-state index >= 15 is 0 Å². The largest absolute Gasteiger partial charge is 0.372 e. The Bertz CT molecular complexity index is 853. The second-order valence-corrected chi connectivity index (χ2v) is 6.54. The molecule has 1 N–H and O–H groups in total. The molecule has 0 fully saturated rings. The van der Waals surface area contributed by atoms with Crippen molar-refractivity contribution in [3.8, 4) is 5.69 Å². The summed E-state index contributed by atoms with van der Waals surface area (Å²) in [5.41, 5.74) is 6.75. The first-order valence-electron chi connectivity index (χ1n) is 8.89. The maximum atomic E-state index is 4.29. The van der Waals surface area contributed by atoms with Crippen LogP contribution >= 0.6 is 0 Å². The van der Waals surface area contributed by atoms with Crippen molar-refractivity contribution in [1.29, 1.82) is 0 Å². The lowest BCUT2D eigenvalue weighted by atomic mass is 10.0. The SMILES string of the molecule is C=C(C)NCN1C=C(c2ccc(-n3ccc(C=NCC)c3)cc2)C(=C)C1. The molecule has 0 saturated carbocycles. The van der Waals surface area contributed by atoms with Gasteiger partial charge < -0.3 is 14.8 Å². The zero-order valence-electron chi connectivity index (χ0n) is 15.6. The lowest BCUT2D eigenvalue weighted by Gasteiger charge is -2.16. The van der Waals surface area contributed by atoms with E-state index in [1.165, 1.54) is 11.1 Å². The molecule has 4 heteroatoms. The van der Waals surface area contributed by atoms with Crippen LogP contribution in [0.15, 0.2) is 78.3 Å². The fourth-order valence-electron chi connectivity index (χ4n) is 2.93. The van der Waals surface area contributed by atoms with E-state index in [2.05, 4.69) is 81.9 Å². The Balaban J connectivity index is 1.74. The van der Waals surface area contributed by atoms with Gasteiger partial charge in [-0.25, -0.2) is 0 Å². The first-order chi connectivity index (χ1) is 12.6. The number of nitrogens with one attached hydrogen (secondary N) is 1. The summed E-state index contributed by atoms with van der Waals surface area (Å²) in [6, 6.07) is 10.7. The minimum absolute atomic E-state index is 0.751. The molecule has 3 rings (SSSR count). The van der Waals surface area contributed by atoms with Crippen molar-refractivity contribution in [3.63, 3.8) is 0 Å². The van der Waals surface area contributed by atoms with Crippen LogP contribution in [-0.2, 0) is 0 Å². The zero-order valence-corrected chi connectivity index (χ0v) is 15.6. The summed E-state index contributed by atoms with van der Waals surface area (Å²) >= 11 is 0. The first-order valence-corrected chi connectivity index (χ1v) is 8.89. The number of aliphatic imine (C=N–C) groups is 1. The van der Waals surface area contributed by atoms with Crippen molar-refractivity contribution in [3.05, 3.63) is 84.5 Å². The average Bonchev–Trinajstić information content (AvgIpc) is 3.25. The van der Waals surface area contributed by atoms with E-state index in [9.17, 15) is 0 Å². The smallest absolute Gasteiger partial charge is 0.0871 e. The van der Waals surface area contributed by atoms with Crippen molar-refractivity contribution in [2.75, 3.05) is 19.8 Å². The second-order valence-electron chi connectivity index (χ2n) is 6.54. The Kier molecular flexibility index (Phi) is 5.42. The summed E-state index contributed by atoms with van der Waals surface area (Å²) in [7, 11) is 0. The molecule has 1 aromatic carbocycles. The van der Waals surface area contributed by atoms with Gasteiger partial charge in [-0.1, -0.05) is 25.3 Å². The molecule has 0 spiro atoms. The molecule has 4 nitrogen and oxygen atoms in total. The number of hydrogen-bond donors (Lipinski definition) is 1.